The van der Waals surface area contributed by atoms with Gasteiger partial charge in [0.25, 0.3) is 5.91 Å². The van der Waals surface area contributed by atoms with E-state index in [4.69, 9.17) is 0 Å². The molecule has 7 heteroatoms. The molecule has 1 aromatic carbocycles. The zero-order valence-electron chi connectivity index (χ0n) is 9.49. The molecule has 0 atom stereocenters. The number of fused-ring (bicyclic) bond motifs is 1. The summed E-state index contributed by atoms with van der Waals surface area (Å²) in [4.78, 5) is 29.1. The number of benzene rings is 1. The molecule has 0 fully saturated rings. The van der Waals surface area contributed by atoms with Crippen LogP contribution in [0.25, 0.3) is 11.0 Å². The second kappa shape index (κ2) is 4.67. The fourth-order valence-electron chi connectivity index (χ4n) is 1.75. The molecule has 0 aliphatic rings. The van der Waals surface area contributed by atoms with Gasteiger partial charge in [0.2, 0.25) is 0 Å². The first-order chi connectivity index (χ1) is 9.13. The van der Waals surface area contributed by atoms with E-state index in [1.807, 2.05) is 11.4 Å². The molecule has 1 amide bonds. The molecule has 96 valence electrons. The average Bonchev–Trinajstić information content (AvgIpc) is 2.93. The summed E-state index contributed by atoms with van der Waals surface area (Å²) in [7, 11) is 0. The molecule has 3 rings (SSSR count). The number of carbonyl (C=O) groups is 1. The summed E-state index contributed by atoms with van der Waals surface area (Å²) < 4.78 is 0.770. The van der Waals surface area contributed by atoms with Crippen LogP contribution in [-0.2, 0) is 0 Å². The summed E-state index contributed by atoms with van der Waals surface area (Å²) in [5, 5.41) is 4.63. The first kappa shape index (κ1) is 12.2. The van der Waals surface area contributed by atoms with Crippen LogP contribution in [0.15, 0.2) is 38.9 Å². The summed E-state index contributed by atoms with van der Waals surface area (Å²) >= 11 is 4.68. The number of nitrogens with one attached hydrogen (secondary N) is 3. The summed E-state index contributed by atoms with van der Waals surface area (Å²) in [6.45, 7) is 0. The molecule has 0 aliphatic heterocycles. The highest BCUT2D eigenvalue weighted by molar-refractivity contribution is 9.10. The lowest BCUT2D eigenvalue weighted by atomic mass is 10.2. The monoisotopic (exact) mass is 337 g/mol. The number of aromatic nitrogens is 2. The summed E-state index contributed by atoms with van der Waals surface area (Å²) in [5.74, 6) is -0.181. The maximum Gasteiger partial charge on any atom is 0.323 e. The molecule has 0 aliphatic carbocycles. The number of halogens is 1. The van der Waals surface area contributed by atoms with E-state index in [2.05, 4.69) is 31.2 Å². The lowest BCUT2D eigenvalue weighted by molar-refractivity contribution is 0.103. The molecule has 0 saturated carbocycles. The summed E-state index contributed by atoms with van der Waals surface area (Å²) in [6, 6.07) is 7.02. The highest BCUT2D eigenvalue weighted by Gasteiger charge is 2.12. The van der Waals surface area contributed by atoms with E-state index < -0.39 is 0 Å². The Bertz CT molecular complexity index is 818. The van der Waals surface area contributed by atoms with Gasteiger partial charge in [-0.15, -0.1) is 11.3 Å². The molecule has 3 N–H and O–H groups in total. The Hall–Kier alpha value is -1.86. The SMILES string of the molecule is O=C(Nc1ccc2[nH]c(=O)[nH]c2c1)c1sccc1Br. The van der Waals surface area contributed by atoms with Gasteiger partial charge in [-0.1, -0.05) is 0 Å². The van der Waals surface area contributed by atoms with Crippen LogP contribution < -0.4 is 11.0 Å². The third-order valence-electron chi connectivity index (χ3n) is 2.60. The highest BCUT2D eigenvalue weighted by Crippen LogP contribution is 2.24. The lowest BCUT2D eigenvalue weighted by Crippen LogP contribution is -2.10. The third kappa shape index (κ3) is 2.34. The number of carbonyl (C=O) groups excluding carboxylic acids is 1. The standard InChI is InChI=1S/C12H8BrN3O2S/c13-7-3-4-19-10(7)11(17)14-6-1-2-8-9(5-6)16-12(18)15-8/h1-5H,(H,14,17)(H2,15,16,18). The van der Waals surface area contributed by atoms with Crippen LogP contribution in [0, 0.1) is 0 Å². The Balaban J connectivity index is 1.91. The fourth-order valence-corrected chi connectivity index (χ4v) is 3.20. The maximum atomic E-state index is 12.0. The first-order valence-corrected chi connectivity index (χ1v) is 7.07. The van der Waals surface area contributed by atoms with Crippen molar-refractivity contribution in [2.75, 3.05) is 5.32 Å². The number of hydrogen-bond acceptors (Lipinski definition) is 3. The quantitative estimate of drug-likeness (QED) is 0.672. The average molecular weight is 338 g/mol. The number of H-pyrrole nitrogens is 2. The largest absolute Gasteiger partial charge is 0.323 e. The third-order valence-corrected chi connectivity index (χ3v) is 4.43. The Kier molecular flexibility index (Phi) is 3.00. The molecular weight excluding hydrogens is 330 g/mol. The van der Waals surface area contributed by atoms with Crippen molar-refractivity contribution in [1.29, 1.82) is 0 Å². The van der Waals surface area contributed by atoms with Crippen molar-refractivity contribution in [3.63, 3.8) is 0 Å². The van der Waals surface area contributed by atoms with E-state index in [0.29, 0.717) is 21.6 Å². The number of rotatable bonds is 2. The molecule has 0 radical (unpaired) electrons. The normalized spacial score (nSPS) is 10.8. The van der Waals surface area contributed by atoms with Crippen LogP contribution in [0.3, 0.4) is 0 Å². The molecule has 0 saturated heterocycles. The van der Waals surface area contributed by atoms with E-state index in [9.17, 15) is 9.59 Å². The van der Waals surface area contributed by atoms with E-state index in [1.165, 1.54) is 11.3 Å². The Labute approximate surface area is 119 Å². The van der Waals surface area contributed by atoms with Crippen molar-refractivity contribution in [2.24, 2.45) is 0 Å². The van der Waals surface area contributed by atoms with Gasteiger partial charge in [-0.3, -0.25) is 4.79 Å². The lowest BCUT2D eigenvalue weighted by Gasteiger charge is -2.04. The molecule has 5 nitrogen and oxygen atoms in total. The highest BCUT2D eigenvalue weighted by atomic mass is 79.9. The number of aromatic amines is 2. The Morgan fingerprint density at radius 1 is 1.21 bits per heavy atom. The van der Waals surface area contributed by atoms with Gasteiger partial charge < -0.3 is 15.3 Å². The molecule has 0 unspecified atom stereocenters. The first-order valence-electron chi connectivity index (χ1n) is 5.40. The van der Waals surface area contributed by atoms with Gasteiger partial charge in [0.1, 0.15) is 4.88 Å². The predicted molar refractivity (Wildman–Crippen MR) is 78.9 cm³/mol. The minimum Gasteiger partial charge on any atom is -0.321 e. The van der Waals surface area contributed by atoms with Crippen molar-refractivity contribution in [1.82, 2.24) is 9.97 Å². The van der Waals surface area contributed by atoms with Crippen LogP contribution in [0.4, 0.5) is 5.69 Å². The van der Waals surface area contributed by atoms with Gasteiger partial charge in [-0.25, -0.2) is 4.79 Å². The van der Waals surface area contributed by atoms with Crippen LogP contribution in [0.2, 0.25) is 0 Å². The Morgan fingerprint density at radius 3 is 2.74 bits per heavy atom. The van der Waals surface area contributed by atoms with Crippen molar-refractivity contribution in [3.05, 3.63) is 49.5 Å². The second-order valence-corrected chi connectivity index (χ2v) is 5.66. The van der Waals surface area contributed by atoms with Crippen LogP contribution >= 0.6 is 27.3 Å². The number of imidazole rings is 1. The topological polar surface area (TPSA) is 77.8 Å². The zero-order chi connectivity index (χ0) is 13.4. The second-order valence-electron chi connectivity index (χ2n) is 3.89. The van der Waals surface area contributed by atoms with Crippen LogP contribution in [0.5, 0.6) is 0 Å². The van der Waals surface area contributed by atoms with Gasteiger partial charge in [0.05, 0.1) is 11.0 Å². The number of thiophene rings is 1. The van der Waals surface area contributed by atoms with Crippen LogP contribution in [-0.4, -0.2) is 15.9 Å². The van der Waals surface area contributed by atoms with E-state index in [1.54, 1.807) is 18.2 Å². The minimum absolute atomic E-state index is 0.181. The van der Waals surface area contributed by atoms with E-state index >= 15 is 0 Å². The molecule has 0 bridgehead atoms. The zero-order valence-corrected chi connectivity index (χ0v) is 11.9. The predicted octanol–water partition coefficient (Wildman–Crippen LogP) is 2.93. The fraction of sp³-hybridized carbons (Fsp3) is 0. The van der Waals surface area contributed by atoms with Gasteiger partial charge in [0.15, 0.2) is 0 Å². The number of amides is 1. The van der Waals surface area contributed by atoms with Crippen molar-refractivity contribution >= 4 is 49.9 Å². The smallest absolute Gasteiger partial charge is 0.321 e. The van der Waals surface area contributed by atoms with Crippen LogP contribution in [0.1, 0.15) is 9.67 Å². The van der Waals surface area contributed by atoms with Gasteiger partial charge in [0, 0.05) is 10.2 Å². The molecule has 0 spiro atoms. The number of hydrogen-bond donors (Lipinski definition) is 3. The van der Waals surface area contributed by atoms with Crippen molar-refractivity contribution in [2.45, 2.75) is 0 Å². The molecule has 2 heterocycles. The Morgan fingerprint density at radius 2 is 2.00 bits per heavy atom. The molecule has 19 heavy (non-hydrogen) atoms. The molecule has 2 aromatic heterocycles. The van der Waals surface area contributed by atoms with Crippen molar-refractivity contribution in [3.8, 4) is 0 Å². The van der Waals surface area contributed by atoms with Gasteiger partial charge in [-0.05, 0) is 45.6 Å². The minimum atomic E-state index is -0.264. The molecular formula is C12H8BrN3O2S. The van der Waals surface area contributed by atoms with Crippen molar-refractivity contribution < 1.29 is 4.79 Å². The van der Waals surface area contributed by atoms with E-state index in [-0.39, 0.29) is 11.6 Å². The molecule has 3 aromatic rings. The van der Waals surface area contributed by atoms with Gasteiger partial charge in [-0.2, -0.15) is 0 Å². The summed E-state index contributed by atoms with van der Waals surface area (Å²) in [5.41, 5.74) is 1.74. The van der Waals surface area contributed by atoms with E-state index in [0.717, 1.165) is 4.47 Å². The number of anilines is 1. The summed E-state index contributed by atoms with van der Waals surface area (Å²) in [6.07, 6.45) is 0. The van der Waals surface area contributed by atoms with Gasteiger partial charge >= 0.3 is 5.69 Å². The maximum absolute atomic E-state index is 12.0.